The second kappa shape index (κ2) is 8.74. The SMILES string of the molecule is COc1ccc(-c2noc(-c3cccn3CC(=O)Nc3cccc(C)c3)n2)cc1OC. The van der Waals surface area contributed by atoms with Crippen LogP contribution in [0.25, 0.3) is 23.0 Å². The zero-order valence-corrected chi connectivity index (χ0v) is 17.5. The maximum absolute atomic E-state index is 12.5. The van der Waals surface area contributed by atoms with Crippen LogP contribution in [0.5, 0.6) is 11.5 Å². The fraction of sp³-hybridized carbons (Fsp3) is 0.174. The molecule has 2 aromatic carbocycles. The summed E-state index contributed by atoms with van der Waals surface area (Å²) in [6.07, 6.45) is 1.80. The molecule has 0 bridgehead atoms. The van der Waals surface area contributed by atoms with Gasteiger partial charge in [-0.15, -0.1) is 0 Å². The predicted octanol–water partition coefficient (Wildman–Crippen LogP) is 4.17. The van der Waals surface area contributed by atoms with Crippen LogP contribution in [0.1, 0.15) is 5.56 Å². The number of carbonyl (C=O) groups is 1. The van der Waals surface area contributed by atoms with Crippen LogP contribution in [0.4, 0.5) is 5.69 Å². The molecule has 0 aliphatic rings. The molecule has 0 unspecified atom stereocenters. The second-order valence-corrected chi connectivity index (χ2v) is 6.93. The summed E-state index contributed by atoms with van der Waals surface area (Å²) >= 11 is 0. The highest BCUT2D eigenvalue weighted by atomic mass is 16.5. The number of anilines is 1. The topological polar surface area (TPSA) is 91.4 Å². The molecule has 0 saturated carbocycles. The number of carbonyl (C=O) groups excluding carboxylic acids is 1. The highest BCUT2D eigenvalue weighted by molar-refractivity contribution is 5.90. The Morgan fingerprint density at radius 3 is 2.68 bits per heavy atom. The summed E-state index contributed by atoms with van der Waals surface area (Å²) in [7, 11) is 3.14. The molecule has 31 heavy (non-hydrogen) atoms. The molecular weight excluding hydrogens is 396 g/mol. The standard InChI is InChI=1S/C23H22N4O4/c1-15-6-4-7-17(12-15)24-21(28)14-27-11-5-8-18(27)23-25-22(26-31-23)16-9-10-19(29-2)20(13-16)30-3/h4-13H,14H2,1-3H3,(H,24,28). The quantitative estimate of drug-likeness (QED) is 0.484. The zero-order chi connectivity index (χ0) is 21.8. The van der Waals surface area contributed by atoms with E-state index in [1.165, 1.54) is 0 Å². The lowest BCUT2D eigenvalue weighted by Crippen LogP contribution is -2.18. The lowest BCUT2D eigenvalue weighted by atomic mass is 10.2. The van der Waals surface area contributed by atoms with Gasteiger partial charge in [-0.1, -0.05) is 17.3 Å². The van der Waals surface area contributed by atoms with Crippen LogP contribution < -0.4 is 14.8 Å². The van der Waals surface area contributed by atoms with E-state index in [9.17, 15) is 4.79 Å². The molecule has 8 nitrogen and oxygen atoms in total. The fourth-order valence-corrected chi connectivity index (χ4v) is 3.24. The van der Waals surface area contributed by atoms with Crippen molar-refractivity contribution >= 4 is 11.6 Å². The molecule has 1 N–H and O–H groups in total. The van der Waals surface area contributed by atoms with Crippen LogP contribution in [-0.4, -0.2) is 34.8 Å². The molecule has 0 aliphatic heterocycles. The van der Waals surface area contributed by atoms with Gasteiger partial charge >= 0.3 is 0 Å². The second-order valence-electron chi connectivity index (χ2n) is 6.93. The minimum atomic E-state index is -0.150. The molecule has 0 aliphatic carbocycles. The zero-order valence-electron chi connectivity index (χ0n) is 17.5. The highest BCUT2D eigenvalue weighted by Gasteiger charge is 2.17. The summed E-state index contributed by atoms with van der Waals surface area (Å²) < 4.78 is 17.8. The Labute approximate surface area is 179 Å². The van der Waals surface area contributed by atoms with Crippen LogP contribution in [0, 0.1) is 6.92 Å². The predicted molar refractivity (Wildman–Crippen MR) is 116 cm³/mol. The molecule has 0 spiro atoms. The van der Waals surface area contributed by atoms with Gasteiger partial charge in [0.1, 0.15) is 12.2 Å². The number of ether oxygens (including phenoxy) is 2. The summed E-state index contributed by atoms with van der Waals surface area (Å²) in [5.74, 6) is 1.76. The van der Waals surface area contributed by atoms with Gasteiger partial charge in [-0.3, -0.25) is 4.79 Å². The number of nitrogens with zero attached hydrogens (tertiary/aromatic N) is 3. The first kappa shape index (κ1) is 20.2. The van der Waals surface area contributed by atoms with Crippen LogP contribution in [0.15, 0.2) is 65.3 Å². The van der Waals surface area contributed by atoms with Gasteiger partial charge in [-0.25, -0.2) is 0 Å². The lowest BCUT2D eigenvalue weighted by Gasteiger charge is -2.08. The summed E-state index contributed by atoms with van der Waals surface area (Å²) in [6, 6.07) is 16.7. The molecular formula is C23H22N4O4. The third-order valence-electron chi connectivity index (χ3n) is 4.73. The lowest BCUT2D eigenvalue weighted by molar-refractivity contribution is -0.116. The minimum absolute atomic E-state index is 0.115. The number of aromatic nitrogens is 3. The molecule has 0 saturated heterocycles. The molecule has 4 aromatic rings. The van der Waals surface area contributed by atoms with Gasteiger partial charge in [0.15, 0.2) is 11.5 Å². The van der Waals surface area contributed by atoms with Crippen molar-refractivity contribution in [2.45, 2.75) is 13.5 Å². The Morgan fingerprint density at radius 1 is 1.06 bits per heavy atom. The molecule has 8 heteroatoms. The Hall–Kier alpha value is -4.07. The van der Waals surface area contributed by atoms with E-state index in [1.807, 2.05) is 49.4 Å². The van der Waals surface area contributed by atoms with Crippen molar-refractivity contribution in [3.05, 3.63) is 66.4 Å². The minimum Gasteiger partial charge on any atom is -0.493 e. The van der Waals surface area contributed by atoms with Gasteiger partial charge in [-0.05, 0) is 55.0 Å². The first-order valence-electron chi connectivity index (χ1n) is 9.65. The van der Waals surface area contributed by atoms with E-state index >= 15 is 0 Å². The highest BCUT2D eigenvalue weighted by Crippen LogP contribution is 2.32. The summed E-state index contributed by atoms with van der Waals surface area (Å²) in [5, 5.41) is 6.98. The molecule has 1 amide bonds. The number of benzene rings is 2. The molecule has 158 valence electrons. The largest absolute Gasteiger partial charge is 0.493 e. The first-order valence-corrected chi connectivity index (χ1v) is 9.65. The number of methoxy groups -OCH3 is 2. The number of nitrogens with one attached hydrogen (secondary N) is 1. The van der Waals surface area contributed by atoms with Crippen LogP contribution >= 0.6 is 0 Å². The third kappa shape index (κ3) is 4.42. The molecule has 0 atom stereocenters. The van der Waals surface area contributed by atoms with Crippen molar-refractivity contribution in [1.29, 1.82) is 0 Å². The van der Waals surface area contributed by atoms with Gasteiger partial charge in [0.25, 0.3) is 5.89 Å². The van der Waals surface area contributed by atoms with Crippen molar-refractivity contribution < 1.29 is 18.8 Å². The number of rotatable bonds is 7. The van der Waals surface area contributed by atoms with Crippen molar-refractivity contribution in [1.82, 2.24) is 14.7 Å². The normalized spacial score (nSPS) is 10.7. The molecule has 4 rings (SSSR count). The van der Waals surface area contributed by atoms with E-state index in [1.54, 1.807) is 37.1 Å². The summed E-state index contributed by atoms with van der Waals surface area (Å²) in [4.78, 5) is 17.0. The van der Waals surface area contributed by atoms with Crippen molar-refractivity contribution in [3.8, 4) is 34.5 Å². The van der Waals surface area contributed by atoms with Gasteiger partial charge in [-0.2, -0.15) is 4.98 Å². The van der Waals surface area contributed by atoms with Gasteiger partial charge in [0, 0.05) is 17.4 Å². The number of amides is 1. The van der Waals surface area contributed by atoms with E-state index in [0.717, 1.165) is 16.8 Å². The Balaban J connectivity index is 1.53. The van der Waals surface area contributed by atoms with Crippen LogP contribution in [0.2, 0.25) is 0 Å². The molecule has 0 fully saturated rings. The number of hydrogen-bond acceptors (Lipinski definition) is 6. The number of hydrogen-bond donors (Lipinski definition) is 1. The molecule has 0 radical (unpaired) electrons. The van der Waals surface area contributed by atoms with E-state index in [-0.39, 0.29) is 12.5 Å². The maximum atomic E-state index is 12.5. The fourth-order valence-electron chi connectivity index (χ4n) is 3.24. The van der Waals surface area contributed by atoms with Gasteiger partial charge in [0.2, 0.25) is 11.7 Å². The molecule has 2 aromatic heterocycles. The van der Waals surface area contributed by atoms with Gasteiger partial charge < -0.3 is 23.9 Å². The Bertz CT molecular complexity index is 1210. The average Bonchev–Trinajstić information content (AvgIpc) is 3.42. The van der Waals surface area contributed by atoms with Crippen LogP contribution in [-0.2, 0) is 11.3 Å². The van der Waals surface area contributed by atoms with Crippen LogP contribution in [0.3, 0.4) is 0 Å². The van der Waals surface area contributed by atoms with Crippen molar-refractivity contribution in [2.75, 3.05) is 19.5 Å². The average molecular weight is 418 g/mol. The summed E-state index contributed by atoms with van der Waals surface area (Å²) in [5.41, 5.74) is 3.21. The number of aryl methyl sites for hydroxylation is 1. The molecule has 2 heterocycles. The van der Waals surface area contributed by atoms with E-state index in [0.29, 0.717) is 28.9 Å². The van der Waals surface area contributed by atoms with Crippen molar-refractivity contribution in [3.63, 3.8) is 0 Å². The van der Waals surface area contributed by atoms with Gasteiger partial charge in [0.05, 0.1) is 14.2 Å². The van der Waals surface area contributed by atoms with Crippen molar-refractivity contribution in [2.24, 2.45) is 0 Å². The Kier molecular flexibility index (Phi) is 5.70. The monoisotopic (exact) mass is 418 g/mol. The maximum Gasteiger partial charge on any atom is 0.274 e. The summed E-state index contributed by atoms with van der Waals surface area (Å²) in [6.45, 7) is 2.09. The van der Waals surface area contributed by atoms with E-state index < -0.39 is 0 Å². The smallest absolute Gasteiger partial charge is 0.274 e. The van der Waals surface area contributed by atoms with E-state index in [4.69, 9.17) is 14.0 Å². The van der Waals surface area contributed by atoms with E-state index in [2.05, 4.69) is 15.5 Å². The first-order chi connectivity index (χ1) is 15.1. The Morgan fingerprint density at radius 2 is 1.90 bits per heavy atom. The third-order valence-corrected chi connectivity index (χ3v) is 4.73.